The highest BCUT2D eigenvalue weighted by Gasteiger charge is 2.62. The van der Waals surface area contributed by atoms with E-state index in [4.69, 9.17) is 28.9 Å². The maximum atomic E-state index is 13.2. The van der Waals surface area contributed by atoms with Gasteiger partial charge in [0.1, 0.15) is 5.84 Å². The van der Waals surface area contributed by atoms with Crippen molar-refractivity contribution in [3.63, 3.8) is 0 Å². The van der Waals surface area contributed by atoms with Crippen LogP contribution in [0.2, 0.25) is 10.0 Å². The molecule has 1 aromatic rings. The van der Waals surface area contributed by atoms with Gasteiger partial charge >= 0.3 is 6.18 Å². The second kappa shape index (κ2) is 4.20. The van der Waals surface area contributed by atoms with Gasteiger partial charge in [0, 0.05) is 15.6 Å². The molecule has 2 N–H and O–H groups in total. The summed E-state index contributed by atoms with van der Waals surface area (Å²) < 4.78 is 39.6. The van der Waals surface area contributed by atoms with E-state index in [1.165, 1.54) is 6.07 Å². The Balaban J connectivity index is 2.55. The van der Waals surface area contributed by atoms with Crippen LogP contribution in [-0.4, -0.2) is 12.0 Å². The van der Waals surface area contributed by atoms with Crippen LogP contribution in [0.5, 0.6) is 0 Å². The van der Waals surface area contributed by atoms with Gasteiger partial charge in [0.05, 0.1) is 6.42 Å². The monoisotopic (exact) mass is 298 g/mol. The highest BCUT2D eigenvalue weighted by atomic mass is 35.5. The molecule has 18 heavy (non-hydrogen) atoms. The molecule has 0 saturated heterocycles. The minimum Gasteiger partial charge on any atom is -0.384 e. The fourth-order valence-electron chi connectivity index (χ4n) is 1.71. The van der Waals surface area contributed by atoms with Gasteiger partial charge in [-0.25, -0.2) is 0 Å². The summed E-state index contributed by atoms with van der Waals surface area (Å²) in [5.41, 5.74) is 2.43. The Labute approximate surface area is 110 Å². The smallest absolute Gasteiger partial charge is 0.384 e. The van der Waals surface area contributed by atoms with Gasteiger partial charge in [0.25, 0.3) is 5.60 Å². The largest absolute Gasteiger partial charge is 0.435 e. The summed E-state index contributed by atoms with van der Waals surface area (Å²) in [5.74, 6) is -0.233. The Morgan fingerprint density at radius 3 is 2.17 bits per heavy atom. The molecule has 0 aromatic heterocycles. The summed E-state index contributed by atoms with van der Waals surface area (Å²) in [5, 5.41) is 3.34. The molecule has 1 aliphatic heterocycles. The molecule has 2 rings (SSSR count). The van der Waals surface area contributed by atoms with Crippen molar-refractivity contribution >= 4 is 29.0 Å². The number of halogens is 5. The number of hydrogen-bond acceptors (Lipinski definition) is 3. The van der Waals surface area contributed by atoms with Crippen LogP contribution in [0.15, 0.2) is 23.4 Å². The lowest BCUT2D eigenvalue weighted by Gasteiger charge is -2.29. The average molecular weight is 299 g/mol. The van der Waals surface area contributed by atoms with E-state index in [2.05, 4.69) is 9.99 Å². The third-order valence-corrected chi connectivity index (χ3v) is 2.97. The van der Waals surface area contributed by atoms with Crippen molar-refractivity contribution in [3.05, 3.63) is 33.8 Å². The zero-order valence-corrected chi connectivity index (χ0v) is 10.3. The maximum Gasteiger partial charge on any atom is 0.435 e. The lowest BCUT2D eigenvalue weighted by atomic mass is 9.89. The number of nitrogens with two attached hydrogens (primary N) is 1. The summed E-state index contributed by atoms with van der Waals surface area (Å²) in [6.45, 7) is 0. The predicted octanol–water partition coefficient (Wildman–Crippen LogP) is 3.44. The molecule has 0 spiro atoms. The fraction of sp³-hybridized carbons (Fsp3) is 0.300. The van der Waals surface area contributed by atoms with Crippen molar-refractivity contribution in [1.29, 1.82) is 0 Å². The Morgan fingerprint density at radius 2 is 1.78 bits per heavy atom. The van der Waals surface area contributed by atoms with E-state index in [-0.39, 0.29) is 21.4 Å². The molecule has 3 nitrogen and oxygen atoms in total. The van der Waals surface area contributed by atoms with Crippen LogP contribution in [0.25, 0.3) is 0 Å². The van der Waals surface area contributed by atoms with Crippen LogP contribution in [0.3, 0.4) is 0 Å². The molecule has 0 unspecified atom stereocenters. The van der Waals surface area contributed by atoms with Crippen molar-refractivity contribution in [1.82, 2.24) is 0 Å². The quantitative estimate of drug-likeness (QED) is 0.863. The normalized spacial score (nSPS) is 23.7. The van der Waals surface area contributed by atoms with Gasteiger partial charge in [-0.05, 0) is 18.2 Å². The highest BCUT2D eigenvalue weighted by Crippen LogP contribution is 2.48. The van der Waals surface area contributed by atoms with E-state index in [0.29, 0.717) is 0 Å². The molecule has 1 heterocycles. The van der Waals surface area contributed by atoms with Crippen molar-refractivity contribution < 1.29 is 18.0 Å². The first-order chi connectivity index (χ1) is 8.24. The minimum atomic E-state index is -4.69. The number of nitrogens with zero attached hydrogens (tertiary/aromatic N) is 1. The lowest BCUT2D eigenvalue weighted by Crippen LogP contribution is -2.43. The first kappa shape index (κ1) is 13.3. The molecule has 0 aliphatic carbocycles. The van der Waals surface area contributed by atoms with Crippen LogP contribution in [0.4, 0.5) is 13.2 Å². The number of amidine groups is 1. The second-order valence-electron chi connectivity index (χ2n) is 3.83. The molecule has 0 radical (unpaired) electrons. The molecular formula is C10H7Cl2F3N2O. The van der Waals surface area contributed by atoms with E-state index >= 15 is 0 Å². The lowest BCUT2D eigenvalue weighted by molar-refractivity contribution is -0.275. The molecule has 8 heteroatoms. The number of rotatable bonds is 1. The van der Waals surface area contributed by atoms with Gasteiger partial charge in [-0.1, -0.05) is 28.4 Å². The van der Waals surface area contributed by atoms with Crippen molar-refractivity contribution in [2.24, 2.45) is 10.9 Å². The van der Waals surface area contributed by atoms with E-state index < -0.39 is 18.2 Å². The van der Waals surface area contributed by atoms with Gasteiger partial charge in [0.15, 0.2) is 0 Å². The molecular weight excluding hydrogens is 292 g/mol. The Bertz CT molecular complexity index is 498. The second-order valence-corrected chi connectivity index (χ2v) is 4.71. The average Bonchev–Trinajstić information content (AvgIpc) is 2.59. The summed E-state index contributed by atoms with van der Waals surface area (Å²) in [4.78, 5) is 4.53. The van der Waals surface area contributed by atoms with E-state index in [0.717, 1.165) is 12.1 Å². The topological polar surface area (TPSA) is 47.6 Å². The van der Waals surface area contributed by atoms with Crippen molar-refractivity contribution in [3.8, 4) is 0 Å². The molecule has 98 valence electrons. The van der Waals surface area contributed by atoms with Gasteiger partial charge < -0.3 is 10.6 Å². The maximum absolute atomic E-state index is 13.2. The van der Waals surface area contributed by atoms with Crippen molar-refractivity contribution in [2.75, 3.05) is 0 Å². The minimum absolute atomic E-state index is 0.0789. The molecule has 0 amide bonds. The van der Waals surface area contributed by atoms with Gasteiger partial charge in [-0.2, -0.15) is 13.2 Å². The molecule has 1 atom stereocenters. The Hall–Kier alpha value is -1.14. The van der Waals surface area contributed by atoms with Crippen LogP contribution >= 0.6 is 23.2 Å². The van der Waals surface area contributed by atoms with Gasteiger partial charge in [-0.15, -0.1) is 0 Å². The summed E-state index contributed by atoms with van der Waals surface area (Å²) >= 11 is 11.4. The molecule has 0 bridgehead atoms. The van der Waals surface area contributed by atoms with Crippen molar-refractivity contribution in [2.45, 2.75) is 18.2 Å². The third-order valence-electron chi connectivity index (χ3n) is 2.54. The van der Waals surface area contributed by atoms with Crippen LogP contribution in [-0.2, 0) is 10.4 Å². The van der Waals surface area contributed by atoms with Crippen LogP contribution in [0, 0.1) is 0 Å². The van der Waals surface area contributed by atoms with Crippen LogP contribution < -0.4 is 5.73 Å². The zero-order valence-electron chi connectivity index (χ0n) is 8.76. The first-order valence-electron chi connectivity index (χ1n) is 4.78. The third kappa shape index (κ3) is 2.10. The highest BCUT2D eigenvalue weighted by molar-refractivity contribution is 6.34. The summed E-state index contributed by atoms with van der Waals surface area (Å²) in [7, 11) is 0. The predicted molar refractivity (Wildman–Crippen MR) is 61.5 cm³/mol. The van der Waals surface area contributed by atoms with E-state index in [1.807, 2.05) is 0 Å². The zero-order chi connectivity index (χ0) is 13.6. The number of oxime groups is 1. The first-order valence-corrected chi connectivity index (χ1v) is 5.54. The molecule has 0 saturated carbocycles. The number of alkyl halides is 3. The molecule has 1 aromatic carbocycles. The molecule has 1 aliphatic rings. The number of hydrogen-bond donors (Lipinski definition) is 1. The van der Waals surface area contributed by atoms with Crippen LogP contribution in [0.1, 0.15) is 12.0 Å². The summed E-state index contributed by atoms with van der Waals surface area (Å²) in [6, 6.07) is 3.60. The fourth-order valence-corrected chi connectivity index (χ4v) is 2.24. The standard InChI is InChI=1S/C10H7Cl2F3N2O/c11-6-1-5(2-7(12)3-6)9(10(13,14)15)4-8(16)17-18-9/h1-3H,4H2,(H2,16,17)/t9-/m1/s1. The SMILES string of the molecule is NC1=NO[C@](c2cc(Cl)cc(Cl)c2)(C(F)(F)F)C1. The van der Waals surface area contributed by atoms with E-state index in [1.54, 1.807) is 0 Å². The van der Waals surface area contributed by atoms with Gasteiger partial charge in [0.2, 0.25) is 0 Å². The molecule has 0 fully saturated rings. The Morgan fingerprint density at radius 1 is 1.22 bits per heavy atom. The Kier molecular flexibility index (Phi) is 3.11. The number of benzene rings is 1. The summed E-state index contributed by atoms with van der Waals surface area (Å²) in [6.07, 6.45) is -5.28. The van der Waals surface area contributed by atoms with E-state index in [9.17, 15) is 13.2 Å². The van der Waals surface area contributed by atoms with Gasteiger partial charge in [-0.3, -0.25) is 0 Å².